The lowest BCUT2D eigenvalue weighted by molar-refractivity contribution is -0.129. The van der Waals surface area contributed by atoms with Gasteiger partial charge in [-0.05, 0) is 44.0 Å². The third-order valence-electron chi connectivity index (χ3n) is 5.64. The molecule has 0 aliphatic heterocycles. The van der Waals surface area contributed by atoms with Gasteiger partial charge in [0.2, 0.25) is 5.91 Å². The summed E-state index contributed by atoms with van der Waals surface area (Å²) in [7, 11) is 1.87. The quantitative estimate of drug-likeness (QED) is 0.463. The van der Waals surface area contributed by atoms with Crippen LogP contribution in [0.4, 0.5) is 5.69 Å². The summed E-state index contributed by atoms with van der Waals surface area (Å²) in [5.74, 6) is -0.676. The van der Waals surface area contributed by atoms with Crippen LogP contribution in [0, 0.1) is 6.92 Å². The van der Waals surface area contributed by atoms with E-state index in [4.69, 9.17) is 4.74 Å². The fourth-order valence-corrected chi connectivity index (χ4v) is 4.68. The smallest absolute Gasteiger partial charge is 0.339 e. The number of aryl methyl sites for hydroxylation is 1. The van der Waals surface area contributed by atoms with Crippen molar-refractivity contribution in [3.63, 3.8) is 0 Å². The van der Waals surface area contributed by atoms with Gasteiger partial charge >= 0.3 is 5.97 Å². The summed E-state index contributed by atoms with van der Waals surface area (Å²) >= 11 is 1.32. The molecule has 3 rings (SSSR count). The average molecular weight is 455 g/mol. The van der Waals surface area contributed by atoms with Crippen molar-refractivity contribution < 1.29 is 19.1 Å². The Bertz CT molecular complexity index is 939. The molecule has 0 heterocycles. The number of nitrogens with one attached hydrogen (secondary N) is 1. The van der Waals surface area contributed by atoms with Crippen LogP contribution in [-0.2, 0) is 14.3 Å². The Balaban J connectivity index is 1.52. The highest BCUT2D eigenvalue weighted by Crippen LogP contribution is 2.26. The second-order valence-corrected chi connectivity index (χ2v) is 9.09. The first-order valence-electron chi connectivity index (χ1n) is 10.9. The van der Waals surface area contributed by atoms with Crippen LogP contribution in [0.3, 0.4) is 0 Å². The standard InChI is InChI=1S/C25H30N2O4S/c1-18-12-14-19(15-13-18)26-23(28)16-31-25(30)21-10-6-7-11-22(21)32-17-24(29)27(2)20-8-4-3-5-9-20/h6-7,10-15,20H,3-5,8-9,16-17H2,1-2H3,(H,26,28). The molecule has 2 amide bonds. The summed E-state index contributed by atoms with van der Waals surface area (Å²) in [5.41, 5.74) is 2.09. The van der Waals surface area contributed by atoms with Crippen LogP contribution >= 0.6 is 11.8 Å². The fourth-order valence-electron chi connectivity index (χ4n) is 3.72. The van der Waals surface area contributed by atoms with Gasteiger partial charge in [0.15, 0.2) is 6.61 Å². The van der Waals surface area contributed by atoms with Gasteiger partial charge in [0.1, 0.15) is 0 Å². The minimum atomic E-state index is -0.583. The van der Waals surface area contributed by atoms with Gasteiger partial charge in [-0.25, -0.2) is 4.79 Å². The number of carbonyl (C=O) groups excluding carboxylic acids is 3. The van der Waals surface area contributed by atoms with Gasteiger partial charge < -0.3 is 15.0 Å². The Hall–Kier alpha value is -2.80. The van der Waals surface area contributed by atoms with Crippen molar-refractivity contribution in [3.8, 4) is 0 Å². The van der Waals surface area contributed by atoms with Crippen LogP contribution in [-0.4, -0.2) is 48.1 Å². The maximum Gasteiger partial charge on any atom is 0.339 e. The van der Waals surface area contributed by atoms with Crippen LogP contribution in [0.15, 0.2) is 53.4 Å². The highest BCUT2D eigenvalue weighted by molar-refractivity contribution is 8.00. The lowest BCUT2D eigenvalue weighted by Crippen LogP contribution is -2.39. The van der Waals surface area contributed by atoms with E-state index in [2.05, 4.69) is 5.32 Å². The van der Waals surface area contributed by atoms with Crippen molar-refractivity contribution in [3.05, 3.63) is 59.7 Å². The van der Waals surface area contributed by atoms with E-state index in [1.54, 1.807) is 30.3 Å². The third-order valence-corrected chi connectivity index (χ3v) is 6.70. The van der Waals surface area contributed by atoms with Crippen molar-refractivity contribution in [2.24, 2.45) is 0 Å². The van der Waals surface area contributed by atoms with Gasteiger partial charge in [-0.1, -0.05) is 49.1 Å². The van der Waals surface area contributed by atoms with Crippen molar-refractivity contribution >= 4 is 35.2 Å². The van der Waals surface area contributed by atoms with Crippen LogP contribution in [0.5, 0.6) is 0 Å². The average Bonchev–Trinajstić information content (AvgIpc) is 2.82. The number of rotatable bonds is 8. The molecule has 7 heteroatoms. The topological polar surface area (TPSA) is 75.7 Å². The highest BCUT2D eigenvalue weighted by atomic mass is 32.2. The zero-order chi connectivity index (χ0) is 22.9. The maximum absolute atomic E-state index is 12.6. The Morgan fingerprint density at radius 2 is 1.72 bits per heavy atom. The van der Waals surface area contributed by atoms with E-state index in [0.717, 1.165) is 18.4 Å². The third kappa shape index (κ3) is 6.85. The second-order valence-electron chi connectivity index (χ2n) is 8.07. The zero-order valence-electron chi connectivity index (χ0n) is 18.6. The molecule has 1 fully saturated rings. The lowest BCUT2D eigenvalue weighted by atomic mass is 9.94. The molecular formula is C25H30N2O4S. The van der Waals surface area contributed by atoms with E-state index in [9.17, 15) is 14.4 Å². The molecular weight excluding hydrogens is 424 g/mol. The first kappa shape index (κ1) is 23.9. The largest absolute Gasteiger partial charge is 0.452 e. The first-order valence-corrected chi connectivity index (χ1v) is 11.9. The van der Waals surface area contributed by atoms with Crippen molar-refractivity contribution in [2.75, 3.05) is 24.7 Å². The number of amides is 2. The van der Waals surface area contributed by atoms with E-state index in [1.807, 2.05) is 37.1 Å². The second kappa shape index (κ2) is 11.7. The Kier molecular flexibility index (Phi) is 8.73. The minimum absolute atomic E-state index is 0.0579. The lowest BCUT2D eigenvalue weighted by Gasteiger charge is -2.31. The number of carbonyl (C=O) groups is 3. The minimum Gasteiger partial charge on any atom is -0.452 e. The molecule has 2 aromatic rings. The number of benzene rings is 2. The highest BCUT2D eigenvalue weighted by Gasteiger charge is 2.23. The van der Waals surface area contributed by atoms with Crippen molar-refractivity contribution in [2.45, 2.75) is 50.0 Å². The summed E-state index contributed by atoms with van der Waals surface area (Å²) in [6.07, 6.45) is 5.69. The molecule has 6 nitrogen and oxygen atoms in total. The maximum atomic E-state index is 12.6. The first-order chi connectivity index (χ1) is 15.4. The van der Waals surface area contributed by atoms with Crippen molar-refractivity contribution in [1.29, 1.82) is 0 Å². The SMILES string of the molecule is Cc1ccc(NC(=O)COC(=O)c2ccccc2SCC(=O)N(C)C2CCCCC2)cc1. The molecule has 1 aliphatic carbocycles. The molecule has 0 bridgehead atoms. The number of nitrogens with zero attached hydrogens (tertiary/aromatic N) is 1. The van der Waals surface area contributed by atoms with Gasteiger partial charge in [0.25, 0.3) is 5.91 Å². The van der Waals surface area contributed by atoms with E-state index in [0.29, 0.717) is 22.2 Å². The van der Waals surface area contributed by atoms with Crippen molar-refractivity contribution in [1.82, 2.24) is 4.90 Å². The normalized spacial score (nSPS) is 13.9. The summed E-state index contributed by atoms with van der Waals surface area (Å²) in [6.45, 7) is 1.58. The summed E-state index contributed by atoms with van der Waals surface area (Å²) in [5, 5.41) is 2.70. The Morgan fingerprint density at radius 3 is 2.44 bits per heavy atom. The molecule has 170 valence electrons. The number of esters is 1. The molecule has 0 aromatic heterocycles. The van der Waals surface area contributed by atoms with Gasteiger partial charge in [-0.15, -0.1) is 11.8 Å². The number of ether oxygens (including phenoxy) is 1. The zero-order valence-corrected chi connectivity index (χ0v) is 19.5. The van der Waals surface area contributed by atoms with Gasteiger partial charge in [-0.2, -0.15) is 0 Å². The number of anilines is 1. The predicted molar refractivity (Wildman–Crippen MR) is 127 cm³/mol. The number of thioether (sulfide) groups is 1. The predicted octanol–water partition coefficient (Wildman–Crippen LogP) is 4.67. The van der Waals surface area contributed by atoms with E-state index >= 15 is 0 Å². The van der Waals surface area contributed by atoms with E-state index in [-0.39, 0.29) is 18.3 Å². The molecule has 0 unspecified atom stereocenters. The van der Waals surface area contributed by atoms with Gasteiger partial charge in [0, 0.05) is 23.7 Å². The molecule has 0 radical (unpaired) electrons. The summed E-state index contributed by atoms with van der Waals surface area (Å²) in [6, 6.07) is 14.7. The molecule has 32 heavy (non-hydrogen) atoms. The number of hydrogen-bond donors (Lipinski definition) is 1. The number of hydrogen-bond acceptors (Lipinski definition) is 5. The van der Waals surface area contributed by atoms with Crippen LogP contribution in [0.2, 0.25) is 0 Å². The van der Waals surface area contributed by atoms with E-state index < -0.39 is 11.9 Å². The monoisotopic (exact) mass is 454 g/mol. The fraction of sp³-hybridized carbons (Fsp3) is 0.400. The molecule has 1 aliphatic rings. The van der Waals surface area contributed by atoms with Crippen LogP contribution < -0.4 is 5.32 Å². The molecule has 0 spiro atoms. The van der Waals surface area contributed by atoms with Gasteiger partial charge in [0.05, 0.1) is 11.3 Å². The summed E-state index contributed by atoms with van der Waals surface area (Å²) in [4.78, 5) is 39.9. The van der Waals surface area contributed by atoms with Gasteiger partial charge in [-0.3, -0.25) is 9.59 Å². The molecule has 1 saturated carbocycles. The van der Waals surface area contributed by atoms with Crippen LogP contribution in [0.25, 0.3) is 0 Å². The molecule has 0 atom stereocenters. The Morgan fingerprint density at radius 1 is 1.03 bits per heavy atom. The van der Waals surface area contributed by atoms with E-state index in [1.165, 1.54) is 31.0 Å². The summed E-state index contributed by atoms with van der Waals surface area (Å²) < 4.78 is 5.22. The molecule has 0 saturated heterocycles. The van der Waals surface area contributed by atoms with Crippen LogP contribution in [0.1, 0.15) is 48.0 Å². The molecule has 1 N–H and O–H groups in total. The molecule has 2 aromatic carbocycles. The Labute approximate surface area is 193 Å².